The number of aromatic nitrogens is 2. The first-order valence-corrected chi connectivity index (χ1v) is 7.59. The minimum atomic E-state index is 0.137. The van der Waals surface area contributed by atoms with Crippen molar-refractivity contribution in [2.45, 2.75) is 63.8 Å². The topological polar surface area (TPSA) is 50.3 Å². The molecule has 2 bridgehead atoms. The Morgan fingerprint density at radius 3 is 2.60 bits per heavy atom. The van der Waals surface area contributed by atoms with Crippen molar-refractivity contribution in [3.8, 4) is 5.88 Å². The summed E-state index contributed by atoms with van der Waals surface area (Å²) in [7, 11) is 2.14. The van der Waals surface area contributed by atoms with E-state index in [4.69, 9.17) is 4.74 Å². The molecule has 0 radical (unpaired) electrons. The molecule has 5 heteroatoms. The lowest BCUT2D eigenvalue weighted by molar-refractivity contribution is 0.232. The molecule has 2 fully saturated rings. The van der Waals surface area contributed by atoms with Gasteiger partial charge in [0.15, 0.2) is 0 Å². The quantitative estimate of drug-likeness (QED) is 0.911. The van der Waals surface area contributed by atoms with Gasteiger partial charge in [0.2, 0.25) is 5.88 Å². The molecule has 2 saturated heterocycles. The van der Waals surface area contributed by atoms with Gasteiger partial charge in [0.1, 0.15) is 12.1 Å². The van der Waals surface area contributed by atoms with Crippen LogP contribution in [0.25, 0.3) is 0 Å². The van der Waals surface area contributed by atoms with Gasteiger partial charge in [-0.2, -0.15) is 0 Å². The zero-order valence-corrected chi connectivity index (χ0v) is 12.5. The van der Waals surface area contributed by atoms with Crippen LogP contribution in [0, 0.1) is 0 Å². The van der Waals surface area contributed by atoms with Gasteiger partial charge >= 0.3 is 0 Å². The number of rotatable bonds is 4. The van der Waals surface area contributed by atoms with Crippen molar-refractivity contribution < 1.29 is 4.74 Å². The first-order valence-electron chi connectivity index (χ1n) is 7.59. The molecule has 2 unspecified atom stereocenters. The van der Waals surface area contributed by atoms with Crippen molar-refractivity contribution in [2.75, 3.05) is 11.9 Å². The second-order valence-corrected chi connectivity index (χ2v) is 6.26. The number of hydrogen-bond acceptors (Lipinski definition) is 5. The Balaban J connectivity index is 1.71. The van der Waals surface area contributed by atoms with Crippen molar-refractivity contribution in [1.29, 1.82) is 0 Å². The third-order valence-corrected chi connectivity index (χ3v) is 4.34. The van der Waals surface area contributed by atoms with Gasteiger partial charge in [-0.3, -0.25) is 0 Å². The summed E-state index contributed by atoms with van der Waals surface area (Å²) < 4.78 is 5.66. The third-order valence-electron chi connectivity index (χ3n) is 4.34. The normalized spacial score (nSPS) is 28.7. The number of anilines is 1. The summed E-state index contributed by atoms with van der Waals surface area (Å²) in [5.74, 6) is 1.62. The average molecular weight is 276 g/mol. The first kappa shape index (κ1) is 13.6. The molecule has 5 nitrogen and oxygen atoms in total. The Labute approximate surface area is 120 Å². The van der Waals surface area contributed by atoms with Gasteiger partial charge in [-0.15, -0.1) is 0 Å². The zero-order valence-electron chi connectivity index (χ0n) is 12.5. The van der Waals surface area contributed by atoms with Crippen LogP contribution in [-0.4, -0.2) is 41.2 Å². The van der Waals surface area contributed by atoms with E-state index in [0.717, 1.165) is 5.82 Å². The Kier molecular flexibility index (Phi) is 3.78. The Hall–Kier alpha value is -1.36. The molecule has 2 atom stereocenters. The predicted molar refractivity (Wildman–Crippen MR) is 79.2 cm³/mol. The molecule has 1 aromatic heterocycles. The summed E-state index contributed by atoms with van der Waals surface area (Å²) in [5.41, 5.74) is 0. The van der Waals surface area contributed by atoms with E-state index in [1.807, 2.05) is 19.9 Å². The molecule has 0 aliphatic carbocycles. The van der Waals surface area contributed by atoms with Gasteiger partial charge in [-0.25, -0.2) is 9.97 Å². The SMILES string of the molecule is CC(C)Oc1cc(N(C)C2CC3CCC(C2)N3)ncn1. The Bertz CT molecular complexity index is 453. The average Bonchev–Trinajstić information content (AvgIpc) is 2.76. The van der Waals surface area contributed by atoms with Crippen molar-refractivity contribution in [3.05, 3.63) is 12.4 Å². The lowest BCUT2D eigenvalue weighted by Gasteiger charge is -2.36. The van der Waals surface area contributed by atoms with Crippen LogP contribution in [0.4, 0.5) is 5.82 Å². The molecule has 3 rings (SSSR count). The molecule has 20 heavy (non-hydrogen) atoms. The minimum Gasteiger partial charge on any atom is -0.475 e. The minimum absolute atomic E-state index is 0.137. The van der Waals surface area contributed by atoms with E-state index >= 15 is 0 Å². The fourth-order valence-corrected chi connectivity index (χ4v) is 3.36. The molecule has 0 aromatic carbocycles. The summed E-state index contributed by atoms with van der Waals surface area (Å²) in [5, 5.41) is 3.68. The number of hydrogen-bond donors (Lipinski definition) is 1. The van der Waals surface area contributed by atoms with Gasteiger partial charge in [0.25, 0.3) is 0 Å². The van der Waals surface area contributed by atoms with E-state index in [0.29, 0.717) is 24.0 Å². The fourth-order valence-electron chi connectivity index (χ4n) is 3.36. The van der Waals surface area contributed by atoms with Crippen LogP contribution in [0.3, 0.4) is 0 Å². The maximum Gasteiger partial charge on any atom is 0.218 e. The van der Waals surface area contributed by atoms with Crippen molar-refractivity contribution >= 4 is 5.82 Å². The van der Waals surface area contributed by atoms with Gasteiger partial charge in [0.05, 0.1) is 6.10 Å². The van der Waals surface area contributed by atoms with Crippen LogP contribution in [0.1, 0.15) is 39.5 Å². The van der Waals surface area contributed by atoms with E-state index in [1.54, 1.807) is 6.33 Å². The highest BCUT2D eigenvalue weighted by atomic mass is 16.5. The monoisotopic (exact) mass is 276 g/mol. The fraction of sp³-hybridized carbons (Fsp3) is 0.733. The van der Waals surface area contributed by atoms with E-state index in [9.17, 15) is 0 Å². The Morgan fingerprint density at radius 1 is 1.25 bits per heavy atom. The lowest BCUT2D eigenvalue weighted by Crippen LogP contribution is -2.47. The number of piperidine rings is 1. The zero-order chi connectivity index (χ0) is 14.1. The largest absolute Gasteiger partial charge is 0.475 e. The molecule has 1 N–H and O–H groups in total. The highest BCUT2D eigenvalue weighted by Crippen LogP contribution is 2.31. The summed E-state index contributed by atoms with van der Waals surface area (Å²) >= 11 is 0. The number of nitrogens with one attached hydrogen (secondary N) is 1. The van der Waals surface area contributed by atoms with Crippen LogP contribution in [0.5, 0.6) is 5.88 Å². The van der Waals surface area contributed by atoms with Crippen LogP contribution in [-0.2, 0) is 0 Å². The van der Waals surface area contributed by atoms with Crippen LogP contribution < -0.4 is 15.0 Å². The molecule has 3 heterocycles. The molecular formula is C15H24N4O. The van der Waals surface area contributed by atoms with Crippen LogP contribution >= 0.6 is 0 Å². The summed E-state index contributed by atoms with van der Waals surface area (Å²) in [6, 6.07) is 3.89. The molecule has 1 aromatic rings. The smallest absolute Gasteiger partial charge is 0.218 e. The van der Waals surface area contributed by atoms with Crippen LogP contribution in [0.15, 0.2) is 12.4 Å². The molecule has 0 saturated carbocycles. The standard InChI is InChI=1S/C15H24N4O/c1-10(2)20-15-8-14(16-9-17-15)19(3)13-6-11-4-5-12(7-13)18-11/h8-13,18H,4-7H2,1-3H3. The second kappa shape index (κ2) is 5.56. The highest BCUT2D eigenvalue weighted by molar-refractivity contribution is 5.41. The maximum absolute atomic E-state index is 5.66. The molecule has 0 spiro atoms. The molecule has 2 aliphatic heterocycles. The third kappa shape index (κ3) is 2.87. The second-order valence-electron chi connectivity index (χ2n) is 6.26. The van der Waals surface area contributed by atoms with E-state index in [2.05, 4.69) is 27.2 Å². The van der Waals surface area contributed by atoms with Gasteiger partial charge in [0, 0.05) is 31.2 Å². The molecule has 110 valence electrons. The number of fused-ring (bicyclic) bond motifs is 2. The lowest BCUT2D eigenvalue weighted by atomic mass is 9.98. The van der Waals surface area contributed by atoms with Crippen LogP contribution in [0.2, 0.25) is 0 Å². The van der Waals surface area contributed by atoms with E-state index in [1.165, 1.54) is 25.7 Å². The number of nitrogens with zero attached hydrogens (tertiary/aromatic N) is 3. The molecule has 0 amide bonds. The van der Waals surface area contributed by atoms with E-state index < -0.39 is 0 Å². The summed E-state index contributed by atoms with van der Waals surface area (Å²) in [4.78, 5) is 10.9. The summed E-state index contributed by atoms with van der Waals surface area (Å²) in [6.07, 6.45) is 6.78. The molecular weight excluding hydrogens is 252 g/mol. The predicted octanol–water partition coefficient (Wildman–Crippen LogP) is 1.98. The van der Waals surface area contributed by atoms with Gasteiger partial charge < -0.3 is 15.0 Å². The van der Waals surface area contributed by atoms with Crippen molar-refractivity contribution in [1.82, 2.24) is 15.3 Å². The highest BCUT2D eigenvalue weighted by Gasteiger charge is 2.35. The van der Waals surface area contributed by atoms with Crippen molar-refractivity contribution in [3.63, 3.8) is 0 Å². The summed E-state index contributed by atoms with van der Waals surface area (Å²) in [6.45, 7) is 4.02. The Morgan fingerprint density at radius 2 is 1.95 bits per heavy atom. The van der Waals surface area contributed by atoms with Gasteiger partial charge in [-0.1, -0.05) is 0 Å². The van der Waals surface area contributed by atoms with Gasteiger partial charge in [-0.05, 0) is 39.5 Å². The van der Waals surface area contributed by atoms with E-state index in [-0.39, 0.29) is 6.10 Å². The molecule has 2 aliphatic rings. The first-order chi connectivity index (χ1) is 9.61. The maximum atomic E-state index is 5.66. The number of ether oxygens (including phenoxy) is 1. The van der Waals surface area contributed by atoms with Crippen molar-refractivity contribution in [2.24, 2.45) is 0 Å².